The number of hydrogen-bond acceptors (Lipinski definition) is 4. The van der Waals surface area contributed by atoms with E-state index in [4.69, 9.17) is 9.52 Å². The molecular weight excluding hydrogens is 216 g/mol. The number of furan rings is 1. The van der Waals surface area contributed by atoms with E-state index in [1.54, 1.807) is 0 Å². The Morgan fingerprint density at radius 2 is 2.12 bits per heavy atom. The van der Waals surface area contributed by atoms with Gasteiger partial charge in [0.05, 0.1) is 6.04 Å². The van der Waals surface area contributed by atoms with Crippen molar-refractivity contribution in [1.82, 2.24) is 10.2 Å². The van der Waals surface area contributed by atoms with Crippen molar-refractivity contribution in [3.05, 3.63) is 23.7 Å². The van der Waals surface area contributed by atoms with Crippen LogP contribution in [0.25, 0.3) is 0 Å². The summed E-state index contributed by atoms with van der Waals surface area (Å²) in [5.41, 5.74) is 0. The molecule has 0 radical (unpaired) electrons. The van der Waals surface area contributed by atoms with E-state index < -0.39 is 0 Å². The van der Waals surface area contributed by atoms with Crippen LogP contribution in [0.3, 0.4) is 0 Å². The van der Waals surface area contributed by atoms with Crippen molar-refractivity contribution in [2.24, 2.45) is 5.92 Å². The van der Waals surface area contributed by atoms with Gasteiger partial charge in [-0.15, -0.1) is 0 Å². The smallest absolute Gasteiger partial charge is 0.129 e. The molecule has 4 nitrogen and oxygen atoms in total. The summed E-state index contributed by atoms with van der Waals surface area (Å²) in [4.78, 5) is 2.52. The summed E-state index contributed by atoms with van der Waals surface area (Å²) in [5, 5.41) is 12.5. The number of nitrogens with one attached hydrogen (secondary N) is 1. The highest BCUT2D eigenvalue weighted by molar-refractivity contribution is 5.13. The molecule has 2 N–H and O–H groups in total. The van der Waals surface area contributed by atoms with Gasteiger partial charge in [0.1, 0.15) is 18.1 Å². The third kappa shape index (κ3) is 2.39. The lowest BCUT2D eigenvalue weighted by Crippen LogP contribution is -2.45. The van der Waals surface area contributed by atoms with Crippen LogP contribution >= 0.6 is 0 Å². The van der Waals surface area contributed by atoms with Gasteiger partial charge in [0.2, 0.25) is 0 Å². The summed E-state index contributed by atoms with van der Waals surface area (Å²) < 4.78 is 5.74. The monoisotopic (exact) mass is 236 g/mol. The molecule has 0 unspecified atom stereocenters. The van der Waals surface area contributed by atoms with Gasteiger partial charge in [-0.3, -0.25) is 4.90 Å². The largest absolute Gasteiger partial charge is 0.462 e. The van der Waals surface area contributed by atoms with Crippen molar-refractivity contribution in [3.8, 4) is 0 Å². The molecule has 0 spiro atoms. The second-order valence-corrected chi connectivity index (χ2v) is 5.03. The quantitative estimate of drug-likeness (QED) is 0.822. The van der Waals surface area contributed by atoms with Gasteiger partial charge in [0.25, 0.3) is 0 Å². The molecule has 1 saturated heterocycles. The highest BCUT2D eigenvalue weighted by atomic mass is 16.4. The fraction of sp³-hybridized carbons (Fsp3) is 0.692. The number of piperazine rings is 1. The van der Waals surface area contributed by atoms with Crippen molar-refractivity contribution < 1.29 is 9.52 Å². The minimum absolute atomic E-state index is 0.00105. The Labute approximate surface area is 102 Å². The Morgan fingerprint density at radius 1 is 1.35 bits per heavy atom. The average Bonchev–Trinajstić information content (AvgIpc) is 3.09. The lowest BCUT2D eigenvalue weighted by Gasteiger charge is -2.34. The van der Waals surface area contributed by atoms with E-state index in [0.717, 1.165) is 37.9 Å². The highest BCUT2D eigenvalue weighted by Crippen LogP contribution is 2.45. The van der Waals surface area contributed by atoms with Gasteiger partial charge < -0.3 is 14.8 Å². The number of nitrogens with zero attached hydrogens (tertiary/aromatic N) is 1. The van der Waals surface area contributed by atoms with Crippen LogP contribution in [0.5, 0.6) is 0 Å². The predicted octanol–water partition coefficient (Wildman–Crippen LogP) is 1.13. The summed E-state index contributed by atoms with van der Waals surface area (Å²) in [6, 6.07) is 4.36. The molecule has 1 aromatic rings. The molecule has 1 saturated carbocycles. The topological polar surface area (TPSA) is 48.6 Å². The first-order valence-electron chi connectivity index (χ1n) is 6.52. The zero-order valence-electron chi connectivity index (χ0n) is 10.1. The lowest BCUT2D eigenvalue weighted by atomic mass is 10.1. The van der Waals surface area contributed by atoms with Crippen molar-refractivity contribution in [2.75, 3.05) is 26.2 Å². The molecule has 17 heavy (non-hydrogen) atoms. The van der Waals surface area contributed by atoms with Crippen LogP contribution in [0, 0.1) is 5.92 Å². The molecule has 2 heterocycles. The van der Waals surface area contributed by atoms with E-state index >= 15 is 0 Å². The molecule has 94 valence electrons. The van der Waals surface area contributed by atoms with Crippen molar-refractivity contribution in [2.45, 2.75) is 25.5 Å². The van der Waals surface area contributed by atoms with E-state index in [-0.39, 0.29) is 6.61 Å². The number of aliphatic hydroxyl groups is 1. The first-order chi connectivity index (χ1) is 8.38. The molecule has 1 aromatic heterocycles. The minimum atomic E-state index is -0.00105. The Kier molecular flexibility index (Phi) is 3.18. The molecule has 0 amide bonds. The molecule has 1 aliphatic carbocycles. The first-order valence-corrected chi connectivity index (χ1v) is 6.52. The Bertz CT molecular complexity index is 367. The van der Waals surface area contributed by atoms with E-state index in [1.165, 1.54) is 12.8 Å². The molecule has 3 rings (SSSR count). The Morgan fingerprint density at radius 3 is 2.71 bits per heavy atom. The van der Waals surface area contributed by atoms with Crippen molar-refractivity contribution in [3.63, 3.8) is 0 Å². The summed E-state index contributed by atoms with van der Waals surface area (Å²) in [7, 11) is 0. The maximum Gasteiger partial charge on any atom is 0.129 e. The standard InChI is InChI=1S/C13H20N2O2/c16-9-11-3-4-12(17-11)13(10-1-2-10)15-7-5-14-6-8-15/h3-4,10,13-14,16H,1-2,5-9H2/t13-/m0/s1. The van der Waals surface area contributed by atoms with Crippen LogP contribution in [0.15, 0.2) is 16.5 Å². The summed E-state index contributed by atoms with van der Waals surface area (Å²) in [6.45, 7) is 4.32. The van der Waals surface area contributed by atoms with Crippen LogP contribution in [0.4, 0.5) is 0 Å². The minimum Gasteiger partial charge on any atom is -0.462 e. The summed E-state index contributed by atoms with van der Waals surface area (Å²) in [6.07, 6.45) is 2.62. The molecule has 1 aliphatic heterocycles. The van der Waals surface area contributed by atoms with Crippen LogP contribution < -0.4 is 5.32 Å². The van der Waals surface area contributed by atoms with Gasteiger partial charge in [-0.25, -0.2) is 0 Å². The van der Waals surface area contributed by atoms with Gasteiger partial charge in [-0.1, -0.05) is 0 Å². The Hall–Kier alpha value is -0.840. The maximum atomic E-state index is 9.08. The first kappa shape index (κ1) is 11.3. The van der Waals surface area contributed by atoms with Gasteiger partial charge in [-0.2, -0.15) is 0 Å². The summed E-state index contributed by atoms with van der Waals surface area (Å²) in [5.74, 6) is 2.48. The van der Waals surface area contributed by atoms with E-state index in [1.807, 2.05) is 12.1 Å². The van der Waals surface area contributed by atoms with E-state index in [2.05, 4.69) is 10.2 Å². The molecule has 1 atom stereocenters. The maximum absolute atomic E-state index is 9.08. The lowest BCUT2D eigenvalue weighted by molar-refractivity contribution is 0.132. The average molecular weight is 236 g/mol. The van der Waals surface area contributed by atoms with Gasteiger partial charge in [-0.05, 0) is 30.9 Å². The van der Waals surface area contributed by atoms with Crippen molar-refractivity contribution >= 4 is 0 Å². The van der Waals surface area contributed by atoms with Gasteiger partial charge in [0, 0.05) is 26.2 Å². The van der Waals surface area contributed by atoms with Crippen molar-refractivity contribution in [1.29, 1.82) is 0 Å². The fourth-order valence-electron chi connectivity index (χ4n) is 2.72. The van der Waals surface area contributed by atoms with Crippen LogP contribution in [0.2, 0.25) is 0 Å². The third-order valence-electron chi connectivity index (χ3n) is 3.74. The zero-order valence-corrected chi connectivity index (χ0v) is 10.1. The molecular formula is C13H20N2O2. The van der Waals surface area contributed by atoms with Crippen LogP contribution in [0.1, 0.15) is 30.4 Å². The molecule has 0 bridgehead atoms. The number of aliphatic hydroxyl groups excluding tert-OH is 1. The fourth-order valence-corrected chi connectivity index (χ4v) is 2.72. The predicted molar refractivity (Wildman–Crippen MR) is 64.5 cm³/mol. The number of hydrogen-bond donors (Lipinski definition) is 2. The second kappa shape index (κ2) is 4.80. The van der Waals surface area contributed by atoms with Crippen LogP contribution in [-0.2, 0) is 6.61 Å². The number of rotatable bonds is 4. The Balaban J connectivity index is 1.78. The van der Waals surface area contributed by atoms with Gasteiger partial charge >= 0.3 is 0 Å². The summed E-state index contributed by atoms with van der Waals surface area (Å²) >= 11 is 0. The van der Waals surface area contributed by atoms with Crippen LogP contribution in [-0.4, -0.2) is 36.2 Å². The molecule has 2 fully saturated rings. The molecule has 4 heteroatoms. The normalized spacial score (nSPS) is 23.8. The molecule has 0 aromatic carbocycles. The zero-order chi connectivity index (χ0) is 11.7. The highest BCUT2D eigenvalue weighted by Gasteiger charge is 2.38. The van der Waals surface area contributed by atoms with E-state index in [0.29, 0.717) is 11.8 Å². The third-order valence-corrected chi connectivity index (χ3v) is 3.74. The van der Waals surface area contributed by atoms with Gasteiger partial charge in [0.15, 0.2) is 0 Å². The van der Waals surface area contributed by atoms with E-state index in [9.17, 15) is 0 Å². The SMILES string of the molecule is OCc1ccc([C@H](C2CC2)N2CCNCC2)o1. The second-order valence-electron chi connectivity index (χ2n) is 5.03. The molecule has 2 aliphatic rings.